The van der Waals surface area contributed by atoms with Crippen LogP contribution in [0.3, 0.4) is 0 Å². The molecule has 25 heavy (non-hydrogen) atoms. The van der Waals surface area contributed by atoms with Crippen molar-refractivity contribution in [1.82, 2.24) is 0 Å². The summed E-state index contributed by atoms with van der Waals surface area (Å²) < 4.78 is 28.4. The highest BCUT2D eigenvalue weighted by molar-refractivity contribution is 9.10. The summed E-state index contributed by atoms with van der Waals surface area (Å²) in [7, 11) is -3.75. The highest BCUT2D eigenvalue weighted by atomic mass is 79.9. The second kappa shape index (κ2) is 7.20. The van der Waals surface area contributed by atoms with Gasteiger partial charge in [0.1, 0.15) is 0 Å². The minimum atomic E-state index is -3.75. The molecule has 3 aromatic carbocycles. The Morgan fingerprint density at radius 2 is 1.76 bits per heavy atom. The van der Waals surface area contributed by atoms with Gasteiger partial charge in [0.05, 0.1) is 22.2 Å². The summed E-state index contributed by atoms with van der Waals surface area (Å²) in [6, 6.07) is 17.8. The smallest absolute Gasteiger partial charge is 0.262 e. The van der Waals surface area contributed by atoms with E-state index in [0.29, 0.717) is 15.2 Å². The van der Waals surface area contributed by atoms with Crippen molar-refractivity contribution in [1.29, 1.82) is 0 Å². The maximum atomic E-state index is 13.2. The van der Waals surface area contributed by atoms with Crippen LogP contribution in [-0.4, -0.2) is 15.0 Å². The number of anilines is 1. The van der Waals surface area contributed by atoms with Gasteiger partial charge in [-0.2, -0.15) is 0 Å². The lowest BCUT2D eigenvalue weighted by Crippen LogP contribution is -2.31. The van der Waals surface area contributed by atoms with Crippen molar-refractivity contribution in [2.75, 3.05) is 10.8 Å². The molecular weight excluding hydrogens is 422 g/mol. The first-order valence-corrected chi connectivity index (χ1v) is 10.1. The molecule has 0 unspecified atom stereocenters. The number of sulfonamides is 1. The molecule has 0 aliphatic carbocycles. The Bertz CT molecular complexity index is 1050. The fraction of sp³-hybridized carbons (Fsp3) is 0.0526. The summed E-state index contributed by atoms with van der Waals surface area (Å²) in [6.07, 6.45) is 1.55. The standard InChI is InChI=1S/C19H15BrClNO2S/c1-2-11-22(16-8-10-18(20)19(21)13-16)25(23,24)17-9-7-14-5-3-4-6-15(14)12-17/h2-10,12-13H,1,11H2. The monoisotopic (exact) mass is 435 g/mol. The van der Waals surface area contributed by atoms with Crippen molar-refractivity contribution in [2.45, 2.75) is 4.90 Å². The van der Waals surface area contributed by atoms with E-state index in [1.54, 1.807) is 36.4 Å². The Labute approximate surface area is 160 Å². The van der Waals surface area contributed by atoms with Crippen LogP contribution in [0.25, 0.3) is 10.8 Å². The summed E-state index contributed by atoms with van der Waals surface area (Å²) in [6.45, 7) is 3.82. The summed E-state index contributed by atoms with van der Waals surface area (Å²) >= 11 is 9.46. The number of hydrogen-bond acceptors (Lipinski definition) is 2. The first-order valence-electron chi connectivity index (χ1n) is 7.51. The molecule has 0 radical (unpaired) electrons. The number of benzene rings is 3. The van der Waals surface area contributed by atoms with E-state index >= 15 is 0 Å². The van der Waals surface area contributed by atoms with E-state index in [1.807, 2.05) is 30.3 Å². The van der Waals surface area contributed by atoms with Crippen molar-refractivity contribution < 1.29 is 8.42 Å². The molecule has 0 aliphatic rings. The van der Waals surface area contributed by atoms with Crippen LogP contribution in [0.1, 0.15) is 0 Å². The van der Waals surface area contributed by atoms with Crippen LogP contribution in [0, 0.1) is 0 Å². The third kappa shape index (κ3) is 3.59. The lowest BCUT2D eigenvalue weighted by Gasteiger charge is -2.23. The molecule has 3 rings (SSSR count). The van der Waals surface area contributed by atoms with E-state index in [0.717, 1.165) is 10.8 Å². The maximum Gasteiger partial charge on any atom is 0.264 e. The number of rotatable bonds is 5. The van der Waals surface area contributed by atoms with Gasteiger partial charge in [-0.3, -0.25) is 4.31 Å². The minimum Gasteiger partial charge on any atom is -0.262 e. The molecule has 3 nitrogen and oxygen atoms in total. The Morgan fingerprint density at radius 3 is 2.44 bits per heavy atom. The maximum absolute atomic E-state index is 13.2. The Morgan fingerprint density at radius 1 is 1.04 bits per heavy atom. The summed E-state index contributed by atoms with van der Waals surface area (Å²) in [5, 5.41) is 2.31. The zero-order chi connectivity index (χ0) is 18.0. The summed E-state index contributed by atoms with van der Waals surface area (Å²) in [5.41, 5.74) is 0.487. The van der Waals surface area contributed by atoms with Gasteiger partial charge in [-0.05, 0) is 57.0 Å². The predicted molar refractivity (Wildman–Crippen MR) is 108 cm³/mol. The minimum absolute atomic E-state index is 0.146. The van der Waals surface area contributed by atoms with Crippen molar-refractivity contribution in [3.05, 3.63) is 82.8 Å². The van der Waals surface area contributed by atoms with Gasteiger partial charge in [-0.15, -0.1) is 6.58 Å². The molecule has 0 bridgehead atoms. The second-order valence-electron chi connectivity index (χ2n) is 5.43. The predicted octanol–water partition coefficient (Wildman–Crippen LogP) is 5.64. The second-order valence-corrected chi connectivity index (χ2v) is 8.56. The van der Waals surface area contributed by atoms with Gasteiger partial charge in [0, 0.05) is 4.47 Å². The van der Waals surface area contributed by atoms with E-state index in [2.05, 4.69) is 22.5 Å². The van der Waals surface area contributed by atoms with Crippen LogP contribution in [0.4, 0.5) is 5.69 Å². The van der Waals surface area contributed by atoms with Gasteiger partial charge in [-0.1, -0.05) is 48.0 Å². The average molecular weight is 437 g/mol. The van der Waals surface area contributed by atoms with Crippen molar-refractivity contribution in [2.24, 2.45) is 0 Å². The number of nitrogens with zero attached hydrogens (tertiary/aromatic N) is 1. The highest BCUT2D eigenvalue weighted by Crippen LogP contribution is 2.31. The van der Waals surface area contributed by atoms with Gasteiger partial charge < -0.3 is 0 Å². The van der Waals surface area contributed by atoms with E-state index in [1.165, 1.54) is 4.31 Å². The third-order valence-electron chi connectivity index (χ3n) is 3.80. The van der Waals surface area contributed by atoms with E-state index in [4.69, 9.17) is 11.6 Å². The van der Waals surface area contributed by atoms with Crippen molar-refractivity contribution >= 4 is 54.0 Å². The van der Waals surface area contributed by atoms with Gasteiger partial charge in [0.15, 0.2) is 0 Å². The van der Waals surface area contributed by atoms with Crippen LogP contribution in [0.5, 0.6) is 0 Å². The molecule has 0 saturated heterocycles. The van der Waals surface area contributed by atoms with Crippen LogP contribution in [-0.2, 0) is 10.0 Å². The zero-order valence-electron chi connectivity index (χ0n) is 13.2. The molecule has 0 amide bonds. The van der Waals surface area contributed by atoms with Crippen molar-refractivity contribution in [3.63, 3.8) is 0 Å². The van der Waals surface area contributed by atoms with E-state index in [-0.39, 0.29) is 11.4 Å². The first kappa shape index (κ1) is 18.0. The number of fused-ring (bicyclic) bond motifs is 1. The van der Waals surface area contributed by atoms with Gasteiger partial charge in [0.2, 0.25) is 0 Å². The summed E-state index contributed by atoms with van der Waals surface area (Å²) in [4.78, 5) is 0.229. The molecule has 6 heteroatoms. The average Bonchev–Trinajstić information content (AvgIpc) is 2.61. The molecule has 0 spiro atoms. The Hall–Kier alpha value is -1.82. The van der Waals surface area contributed by atoms with Gasteiger partial charge in [0.25, 0.3) is 10.0 Å². The quantitative estimate of drug-likeness (QED) is 0.486. The zero-order valence-corrected chi connectivity index (χ0v) is 16.4. The lowest BCUT2D eigenvalue weighted by atomic mass is 10.1. The SMILES string of the molecule is C=CCN(c1ccc(Br)c(Cl)c1)S(=O)(=O)c1ccc2ccccc2c1. The molecule has 0 N–H and O–H groups in total. The summed E-state index contributed by atoms with van der Waals surface area (Å²) in [5.74, 6) is 0. The molecule has 0 saturated carbocycles. The van der Waals surface area contributed by atoms with Crippen LogP contribution in [0.2, 0.25) is 5.02 Å². The van der Waals surface area contributed by atoms with E-state index < -0.39 is 10.0 Å². The highest BCUT2D eigenvalue weighted by Gasteiger charge is 2.24. The molecule has 0 aliphatic heterocycles. The molecule has 0 fully saturated rings. The van der Waals surface area contributed by atoms with Crippen LogP contribution in [0.15, 0.2) is 82.7 Å². The van der Waals surface area contributed by atoms with Crippen LogP contribution < -0.4 is 4.31 Å². The van der Waals surface area contributed by atoms with Crippen molar-refractivity contribution in [3.8, 4) is 0 Å². The number of halogens is 2. The Kier molecular flexibility index (Phi) is 5.18. The molecule has 0 heterocycles. The first-order chi connectivity index (χ1) is 11.9. The van der Waals surface area contributed by atoms with Crippen LogP contribution >= 0.6 is 27.5 Å². The normalized spacial score (nSPS) is 11.4. The fourth-order valence-corrected chi connectivity index (χ4v) is 4.44. The topological polar surface area (TPSA) is 37.4 Å². The molecule has 0 aromatic heterocycles. The van der Waals surface area contributed by atoms with E-state index in [9.17, 15) is 8.42 Å². The largest absolute Gasteiger partial charge is 0.264 e. The molecule has 0 atom stereocenters. The van der Waals surface area contributed by atoms with Gasteiger partial charge in [-0.25, -0.2) is 8.42 Å². The fourth-order valence-electron chi connectivity index (χ4n) is 2.55. The van der Waals surface area contributed by atoms with Gasteiger partial charge >= 0.3 is 0 Å². The lowest BCUT2D eigenvalue weighted by molar-refractivity contribution is 0.593. The third-order valence-corrected chi connectivity index (χ3v) is 6.82. The molecule has 3 aromatic rings. The number of hydrogen-bond donors (Lipinski definition) is 0. The molecular formula is C19H15BrClNO2S. The Balaban J connectivity index is 2.12. The molecule has 128 valence electrons.